The first kappa shape index (κ1) is 13.4. The number of pyridine rings is 1. The van der Waals surface area contributed by atoms with Crippen LogP contribution in [0.5, 0.6) is 0 Å². The minimum absolute atomic E-state index is 0.296. The van der Waals surface area contributed by atoms with Crippen molar-refractivity contribution in [2.75, 3.05) is 5.32 Å². The zero-order chi connectivity index (χ0) is 13.7. The van der Waals surface area contributed by atoms with E-state index < -0.39 is 0 Å². The minimum atomic E-state index is -0.306. The maximum absolute atomic E-state index is 12.7. The average Bonchev–Trinajstić information content (AvgIpc) is 2.38. The molecule has 96 valence electrons. The number of amides is 1. The Morgan fingerprint density at radius 1 is 1.21 bits per heavy atom. The Hall–Kier alpha value is -2.01. The van der Waals surface area contributed by atoms with Crippen molar-refractivity contribution in [3.8, 4) is 0 Å². The van der Waals surface area contributed by atoms with E-state index in [4.69, 9.17) is 0 Å². The molecule has 1 aromatic heterocycles. The summed E-state index contributed by atoms with van der Waals surface area (Å²) in [6.07, 6.45) is 2.97. The van der Waals surface area contributed by atoms with Gasteiger partial charge in [0, 0.05) is 6.08 Å². The summed E-state index contributed by atoms with van der Waals surface area (Å²) < 4.78 is 13.3. The van der Waals surface area contributed by atoms with Crippen LogP contribution in [0.3, 0.4) is 0 Å². The van der Waals surface area contributed by atoms with Crippen LogP contribution < -0.4 is 5.32 Å². The molecule has 0 aliphatic rings. The molecule has 5 heteroatoms. The normalized spacial score (nSPS) is 10.6. The van der Waals surface area contributed by atoms with Crippen LogP contribution in [-0.4, -0.2) is 10.9 Å². The molecule has 0 aliphatic heterocycles. The second-order valence-electron chi connectivity index (χ2n) is 3.72. The number of anilines is 1. The van der Waals surface area contributed by atoms with Gasteiger partial charge in [-0.2, -0.15) is 0 Å². The predicted molar refractivity (Wildman–Crippen MR) is 76.0 cm³/mol. The Morgan fingerprint density at radius 2 is 1.95 bits per heavy atom. The molecule has 1 heterocycles. The van der Waals surface area contributed by atoms with Crippen molar-refractivity contribution in [2.24, 2.45) is 0 Å². The van der Waals surface area contributed by atoms with E-state index in [1.807, 2.05) is 0 Å². The molecular formula is C14H10BrFN2O. The smallest absolute Gasteiger partial charge is 0.249 e. The van der Waals surface area contributed by atoms with E-state index in [-0.39, 0.29) is 11.7 Å². The maximum Gasteiger partial charge on any atom is 0.249 e. The van der Waals surface area contributed by atoms with E-state index in [0.29, 0.717) is 10.4 Å². The molecule has 0 fully saturated rings. The molecule has 1 amide bonds. The molecule has 0 radical (unpaired) electrons. The molecule has 0 unspecified atom stereocenters. The molecule has 0 saturated heterocycles. The van der Waals surface area contributed by atoms with Gasteiger partial charge in [-0.25, -0.2) is 9.37 Å². The summed E-state index contributed by atoms with van der Waals surface area (Å²) in [5.74, 6) is -0.141. The van der Waals surface area contributed by atoms with Crippen LogP contribution in [0, 0.1) is 5.82 Å². The third-order valence-electron chi connectivity index (χ3n) is 2.26. The Kier molecular flexibility index (Phi) is 4.41. The molecule has 0 spiro atoms. The lowest BCUT2D eigenvalue weighted by atomic mass is 10.2. The van der Waals surface area contributed by atoms with E-state index in [0.717, 1.165) is 5.56 Å². The number of aromatic nitrogens is 1. The van der Waals surface area contributed by atoms with Crippen molar-refractivity contribution >= 4 is 33.7 Å². The molecule has 0 saturated carbocycles. The highest BCUT2D eigenvalue weighted by Crippen LogP contribution is 2.10. The van der Waals surface area contributed by atoms with Crippen LogP contribution in [0.2, 0.25) is 0 Å². The van der Waals surface area contributed by atoms with Gasteiger partial charge in [0.1, 0.15) is 16.2 Å². The van der Waals surface area contributed by atoms with E-state index in [2.05, 4.69) is 26.2 Å². The van der Waals surface area contributed by atoms with Crippen molar-refractivity contribution in [2.45, 2.75) is 0 Å². The lowest BCUT2D eigenvalue weighted by Crippen LogP contribution is -2.08. The SMILES string of the molecule is O=C(/C=C/c1ccc(F)cc1)Nc1cccc(Br)n1. The maximum atomic E-state index is 12.7. The van der Waals surface area contributed by atoms with Crippen LogP contribution in [0.15, 0.2) is 53.1 Å². The second kappa shape index (κ2) is 6.24. The largest absolute Gasteiger partial charge is 0.307 e. The van der Waals surface area contributed by atoms with Crippen molar-refractivity contribution in [1.29, 1.82) is 0 Å². The fourth-order valence-electron chi connectivity index (χ4n) is 1.39. The van der Waals surface area contributed by atoms with Crippen molar-refractivity contribution in [3.63, 3.8) is 0 Å². The molecule has 1 aromatic carbocycles. The highest BCUT2D eigenvalue weighted by Gasteiger charge is 1.99. The zero-order valence-electron chi connectivity index (χ0n) is 9.81. The van der Waals surface area contributed by atoms with Crippen LogP contribution >= 0.6 is 15.9 Å². The van der Waals surface area contributed by atoms with Crippen LogP contribution in [0.4, 0.5) is 10.2 Å². The fourth-order valence-corrected chi connectivity index (χ4v) is 1.74. The first-order valence-corrected chi connectivity index (χ1v) is 6.30. The zero-order valence-corrected chi connectivity index (χ0v) is 11.4. The molecule has 1 N–H and O–H groups in total. The molecule has 0 aliphatic carbocycles. The average molecular weight is 321 g/mol. The lowest BCUT2D eigenvalue weighted by Gasteiger charge is -2.00. The first-order valence-electron chi connectivity index (χ1n) is 5.51. The molecule has 0 atom stereocenters. The van der Waals surface area contributed by atoms with Crippen molar-refractivity contribution in [1.82, 2.24) is 4.98 Å². The number of hydrogen-bond donors (Lipinski definition) is 1. The topological polar surface area (TPSA) is 42.0 Å². The van der Waals surface area contributed by atoms with Gasteiger partial charge in [-0.05, 0) is 51.8 Å². The van der Waals surface area contributed by atoms with Crippen molar-refractivity contribution < 1.29 is 9.18 Å². The van der Waals surface area contributed by atoms with Gasteiger partial charge in [0.15, 0.2) is 0 Å². The summed E-state index contributed by atoms with van der Waals surface area (Å²) in [6, 6.07) is 11.1. The third-order valence-corrected chi connectivity index (χ3v) is 2.71. The summed E-state index contributed by atoms with van der Waals surface area (Å²) in [5.41, 5.74) is 0.749. The van der Waals surface area contributed by atoms with Crippen LogP contribution in [0.1, 0.15) is 5.56 Å². The summed E-state index contributed by atoms with van der Waals surface area (Å²) >= 11 is 3.22. The second-order valence-corrected chi connectivity index (χ2v) is 4.53. The Morgan fingerprint density at radius 3 is 2.63 bits per heavy atom. The van der Waals surface area contributed by atoms with Gasteiger partial charge in [-0.15, -0.1) is 0 Å². The van der Waals surface area contributed by atoms with Gasteiger partial charge in [0.2, 0.25) is 5.91 Å². The highest BCUT2D eigenvalue weighted by molar-refractivity contribution is 9.10. The van der Waals surface area contributed by atoms with Crippen molar-refractivity contribution in [3.05, 3.63) is 64.5 Å². The van der Waals surface area contributed by atoms with Crippen LogP contribution in [0.25, 0.3) is 6.08 Å². The van der Waals surface area contributed by atoms with Gasteiger partial charge in [0.25, 0.3) is 0 Å². The summed E-state index contributed by atoms with van der Waals surface area (Å²) in [5, 5.41) is 2.62. The van der Waals surface area contributed by atoms with Gasteiger partial charge in [-0.3, -0.25) is 4.79 Å². The lowest BCUT2D eigenvalue weighted by molar-refractivity contribution is -0.111. The van der Waals surface area contributed by atoms with Gasteiger partial charge >= 0.3 is 0 Å². The molecule has 2 aromatic rings. The molecule has 19 heavy (non-hydrogen) atoms. The predicted octanol–water partition coefficient (Wildman–Crippen LogP) is 3.64. The van der Waals surface area contributed by atoms with Gasteiger partial charge in [-0.1, -0.05) is 18.2 Å². The number of nitrogens with zero attached hydrogens (tertiary/aromatic N) is 1. The molecule has 0 bridgehead atoms. The van der Waals surface area contributed by atoms with E-state index >= 15 is 0 Å². The minimum Gasteiger partial charge on any atom is -0.307 e. The number of carbonyl (C=O) groups excluding carboxylic acids is 1. The molecule has 3 nitrogen and oxygen atoms in total. The Balaban J connectivity index is 1.99. The number of hydrogen-bond acceptors (Lipinski definition) is 2. The quantitative estimate of drug-likeness (QED) is 0.693. The summed E-state index contributed by atoms with van der Waals surface area (Å²) in [4.78, 5) is 15.7. The fraction of sp³-hybridized carbons (Fsp3) is 0. The van der Waals surface area contributed by atoms with E-state index in [9.17, 15) is 9.18 Å². The van der Waals surface area contributed by atoms with Gasteiger partial charge in [0.05, 0.1) is 0 Å². The third kappa shape index (κ3) is 4.30. The molecule has 2 rings (SSSR count). The highest BCUT2D eigenvalue weighted by atomic mass is 79.9. The van der Waals surface area contributed by atoms with Crippen LogP contribution in [-0.2, 0) is 4.79 Å². The number of rotatable bonds is 3. The Labute approximate surface area is 118 Å². The number of benzene rings is 1. The summed E-state index contributed by atoms with van der Waals surface area (Å²) in [6.45, 7) is 0. The molecular weight excluding hydrogens is 311 g/mol. The van der Waals surface area contributed by atoms with Gasteiger partial charge < -0.3 is 5.32 Å². The standard InChI is InChI=1S/C14H10BrFN2O/c15-12-2-1-3-13(17-12)18-14(19)9-6-10-4-7-11(16)8-5-10/h1-9H,(H,17,18,19)/b9-6+. The number of nitrogens with one attached hydrogen (secondary N) is 1. The first-order chi connectivity index (χ1) is 9.13. The monoisotopic (exact) mass is 320 g/mol. The number of carbonyl (C=O) groups is 1. The van der Waals surface area contributed by atoms with E-state index in [1.165, 1.54) is 18.2 Å². The van der Waals surface area contributed by atoms with E-state index in [1.54, 1.807) is 36.4 Å². The number of halogens is 2. The Bertz CT molecular complexity index is 611. The summed E-state index contributed by atoms with van der Waals surface area (Å²) in [7, 11) is 0.